The number of aryl methyl sites for hydroxylation is 1. The summed E-state index contributed by atoms with van der Waals surface area (Å²) in [6.45, 7) is 2.18. The van der Waals surface area contributed by atoms with Crippen molar-refractivity contribution in [3.8, 4) is 0 Å². The highest BCUT2D eigenvalue weighted by Gasteiger charge is 2.20. The van der Waals surface area contributed by atoms with E-state index in [2.05, 4.69) is 5.32 Å². The maximum Gasteiger partial charge on any atom is 0.331 e. The summed E-state index contributed by atoms with van der Waals surface area (Å²) in [5.74, 6) is 0.357. The monoisotopic (exact) mass is 279 g/mol. The topological polar surface area (TPSA) is 56.0 Å². The van der Waals surface area contributed by atoms with E-state index < -0.39 is 0 Å². The van der Waals surface area contributed by atoms with E-state index in [-0.39, 0.29) is 11.2 Å². The first kappa shape index (κ1) is 12.4. The molecule has 1 aliphatic heterocycles. The molecule has 19 heavy (non-hydrogen) atoms. The molecular weight excluding hydrogens is 266 g/mol. The molecule has 2 heterocycles. The van der Waals surface area contributed by atoms with Gasteiger partial charge in [0.25, 0.3) is 5.56 Å². The van der Waals surface area contributed by atoms with Crippen LogP contribution in [0.3, 0.4) is 0 Å². The molecule has 0 bridgehead atoms. The lowest BCUT2D eigenvalue weighted by Gasteiger charge is -2.27. The minimum absolute atomic E-state index is 0.235. The zero-order valence-electron chi connectivity index (χ0n) is 10.5. The van der Waals surface area contributed by atoms with Gasteiger partial charge in [0.1, 0.15) is 0 Å². The molecule has 1 aromatic carbocycles. The summed E-state index contributed by atoms with van der Waals surface area (Å²) in [5.41, 5.74) is 0.0545. The van der Waals surface area contributed by atoms with Crippen molar-refractivity contribution in [2.75, 3.05) is 13.1 Å². The number of rotatable bonds is 2. The zero-order chi connectivity index (χ0) is 13.6. The van der Waals surface area contributed by atoms with Gasteiger partial charge in [-0.3, -0.25) is 13.9 Å². The summed E-state index contributed by atoms with van der Waals surface area (Å²) in [4.78, 5) is 24.6. The van der Waals surface area contributed by atoms with E-state index in [0.717, 1.165) is 13.1 Å². The Balaban J connectivity index is 2.25. The van der Waals surface area contributed by atoms with E-state index in [4.69, 9.17) is 11.6 Å². The van der Waals surface area contributed by atoms with E-state index in [9.17, 15) is 9.59 Å². The summed E-state index contributed by atoms with van der Waals surface area (Å²) >= 11 is 5.92. The van der Waals surface area contributed by atoms with Gasteiger partial charge in [-0.1, -0.05) is 11.6 Å². The number of nitrogens with one attached hydrogen (secondary N) is 1. The third-order valence-corrected chi connectivity index (χ3v) is 3.86. The molecule has 0 spiro atoms. The molecule has 1 saturated heterocycles. The lowest BCUT2D eigenvalue weighted by atomic mass is 10.0. The van der Waals surface area contributed by atoms with Crippen LogP contribution in [0.15, 0.2) is 27.8 Å². The van der Waals surface area contributed by atoms with Crippen LogP contribution in [-0.2, 0) is 13.6 Å². The van der Waals surface area contributed by atoms with Gasteiger partial charge in [-0.25, -0.2) is 4.79 Å². The molecule has 6 heteroatoms. The normalized spacial score (nSPS) is 15.7. The van der Waals surface area contributed by atoms with Crippen molar-refractivity contribution in [2.45, 2.75) is 6.54 Å². The predicted octanol–water partition coefficient (Wildman–Crippen LogP) is 0.573. The molecule has 0 saturated carbocycles. The number of hydrogen-bond donors (Lipinski definition) is 1. The number of halogens is 1. The Morgan fingerprint density at radius 1 is 1.37 bits per heavy atom. The van der Waals surface area contributed by atoms with Crippen molar-refractivity contribution in [3.63, 3.8) is 0 Å². The third-order valence-electron chi connectivity index (χ3n) is 3.62. The molecule has 5 nitrogen and oxygen atoms in total. The van der Waals surface area contributed by atoms with E-state index >= 15 is 0 Å². The number of hydrogen-bond acceptors (Lipinski definition) is 3. The quantitative estimate of drug-likeness (QED) is 0.875. The van der Waals surface area contributed by atoms with Crippen molar-refractivity contribution in [3.05, 3.63) is 44.1 Å². The molecule has 1 fully saturated rings. The zero-order valence-corrected chi connectivity index (χ0v) is 11.3. The van der Waals surface area contributed by atoms with Crippen LogP contribution in [0.4, 0.5) is 0 Å². The average Bonchev–Trinajstić information content (AvgIpc) is 2.34. The van der Waals surface area contributed by atoms with Gasteiger partial charge in [-0.2, -0.15) is 0 Å². The van der Waals surface area contributed by atoms with Crippen LogP contribution in [0.2, 0.25) is 5.02 Å². The second-order valence-electron chi connectivity index (χ2n) is 4.94. The molecule has 1 aromatic heterocycles. The fourth-order valence-corrected chi connectivity index (χ4v) is 2.54. The Hall–Kier alpha value is -1.59. The highest BCUT2D eigenvalue weighted by molar-refractivity contribution is 6.31. The third kappa shape index (κ3) is 1.99. The minimum Gasteiger partial charge on any atom is -0.316 e. The number of aromatic nitrogens is 2. The smallest absolute Gasteiger partial charge is 0.316 e. The number of fused-ring (bicyclic) bond motifs is 1. The van der Waals surface area contributed by atoms with Crippen LogP contribution in [0.1, 0.15) is 0 Å². The highest BCUT2D eigenvalue weighted by Crippen LogP contribution is 2.15. The fourth-order valence-electron chi connectivity index (χ4n) is 2.38. The molecule has 2 aromatic rings. The van der Waals surface area contributed by atoms with Gasteiger partial charge in [0.05, 0.1) is 10.9 Å². The minimum atomic E-state index is -0.285. The molecule has 100 valence electrons. The highest BCUT2D eigenvalue weighted by atomic mass is 35.5. The predicted molar refractivity (Wildman–Crippen MR) is 74.8 cm³/mol. The van der Waals surface area contributed by atoms with Crippen LogP contribution in [0.5, 0.6) is 0 Å². The molecule has 0 atom stereocenters. The molecule has 1 aliphatic rings. The van der Waals surface area contributed by atoms with Gasteiger partial charge in [-0.15, -0.1) is 0 Å². The van der Waals surface area contributed by atoms with Gasteiger partial charge in [0.15, 0.2) is 0 Å². The first-order valence-electron chi connectivity index (χ1n) is 6.17. The first-order chi connectivity index (χ1) is 9.08. The molecule has 1 N–H and O–H groups in total. The van der Waals surface area contributed by atoms with Crippen LogP contribution in [-0.4, -0.2) is 22.2 Å². The van der Waals surface area contributed by atoms with E-state index in [1.807, 2.05) is 0 Å². The lowest BCUT2D eigenvalue weighted by Crippen LogP contribution is -2.49. The van der Waals surface area contributed by atoms with Crippen LogP contribution < -0.4 is 16.6 Å². The van der Waals surface area contributed by atoms with Crippen LogP contribution in [0, 0.1) is 5.92 Å². The molecule has 0 radical (unpaired) electrons. The summed E-state index contributed by atoms with van der Waals surface area (Å²) in [6.07, 6.45) is 0. The molecule has 0 aliphatic carbocycles. The Bertz CT molecular complexity index is 759. The van der Waals surface area contributed by atoms with E-state index in [0.29, 0.717) is 28.4 Å². The van der Waals surface area contributed by atoms with E-state index in [1.54, 1.807) is 25.2 Å². The Morgan fingerprint density at radius 3 is 2.74 bits per heavy atom. The SMILES string of the molecule is Cn1c(=O)n(CC2CNC2)c(=O)c2ccc(Cl)cc21. The maximum absolute atomic E-state index is 12.4. The molecular formula is C13H14ClN3O2. The molecule has 3 rings (SSSR count). The lowest BCUT2D eigenvalue weighted by molar-refractivity contribution is 0.298. The van der Waals surface area contributed by atoms with E-state index in [1.165, 1.54) is 9.13 Å². The van der Waals surface area contributed by atoms with Gasteiger partial charge in [0, 0.05) is 37.6 Å². The summed E-state index contributed by atoms with van der Waals surface area (Å²) in [6, 6.07) is 4.99. The summed E-state index contributed by atoms with van der Waals surface area (Å²) in [5, 5.41) is 4.18. The Morgan fingerprint density at radius 2 is 2.11 bits per heavy atom. The Kier molecular flexibility index (Phi) is 2.95. The number of benzene rings is 1. The van der Waals surface area contributed by atoms with Crippen molar-refractivity contribution < 1.29 is 0 Å². The summed E-state index contributed by atoms with van der Waals surface area (Å²) < 4.78 is 2.80. The summed E-state index contributed by atoms with van der Waals surface area (Å²) in [7, 11) is 1.66. The van der Waals surface area contributed by atoms with Crippen LogP contribution in [0.25, 0.3) is 10.9 Å². The second-order valence-corrected chi connectivity index (χ2v) is 5.38. The standard InChI is InChI=1S/C13H14ClN3O2/c1-16-11-4-9(14)2-3-10(11)12(18)17(13(16)19)7-8-5-15-6-8/h2-4,8,15H,5-7H2,1H3. The van der Waals surface area contributed by atoms with Crippen molar-refractivity contribution in [1.82, 2.24) is 14.5 Å². The van der Waals surface area contributed by atoms with Crippen molar-refractivity contribution >= 4 is 22.5 Å². The van der Waals surface area contributed by atoms with Gasteiger partial charge in [0.2, 0.25) is 0 Å². The molecule has 0 amide bonds. The van der Waals surface area contributed by atoms with Gasteiger partial charge in [-0.05, 0) is 18.2 Å². The van der Waals surface area contributed by atoms with Gasteiger partial charge >= 0.3 is 5.69 Å². The molecule has 0 unspecified atom stereocenters. The fraction of sp³-hybridized carbons (Fsp3) is 0.385. The average molecular weight is 280 g/mol. The number of nitrogens with zero attached hydrogens (tertiary/aromatic N) is 2. The maximum atomic E-state index is 12.4. The first-order valence-corrected chi connectivity index (χ1v) is 6.55. The van der Waals surface area contributed by atoms with Gasteiger partial charge < -0.3 is 5.32 Å². The van der Waals surface area contributed by atoms with Crippen LogP contribution >= 0.6 is 11.6 Å². The van der Waals surface area contributed by atoms with Crippen molar-refractivity contribution in [2.24, 2.45) is 13.0 Å². The van der Waals surface area contributed by atoms with Crippen molar-refractivity contribution in [1.29, 1.82) is 0 Å². The Labute approximate surface area is 114 Å². The largest absolute Gasteiger partial charge is 0.331 e. The second kappa shape index (κ2) is 4.51.